The average Bonchev–Trinajstić information content (AvgIpc) is 3.19. The zero-order chi connectivity index (χ0) is 21.3. The van der Waals surface area contributed by atoms with Gasteiger partial charge in [-0.15, -0.1) is 0 Å². The molecule has 0 saturated heterocycles. The summed E-state index contributed by atoms with van der Waals surface area (Å²) in [6.07, 6.45) is 7.45. The van der Waals surface area contributed by atoms with Gasteiger partial charge in [-0.25, -0.2) is 19.9 Å². The lowest BCUT2D eigenvalue weighted by atomic mass is 10.3. The Morgan fingerprint density at radius 1 is 1.10 bits per heavy atom. The zero-order valence-corrected chi connectivity index (χ0v) is 18.8. The fraction of sp³-hybridized carbons (Fsp3) is 0.476. The molecule has 3 aromatic heterocycles. The highest BCUT2D eigenvalue weighted by Crippen LogP contribution is 2.29. The minimum absolute atomic E-state index is 0.409. The Morgan fingerprint density at radius 3 is 2.70 bits per heavy atom. The van der Waals surface area contributed by atoms with E-state index in [2.05, 4.69) is 56.3 Å². The minimum Gasteiger partial charge on any atom is -0.373 e. The van der Waals surface area contributed by atoms with E-state index >= 15 is 0 Å². The highest BCUT2D eigenvalue weighted by Gasteiger charge is 2.10. The molecule has 0 radical (unpaired) electrons. The van der Waals surface area contributed by atoms with E-state index < -0.39 is 0 Å². The number of aryl methyl sites for hydroxylation is 1. The van der Waals surface area contributed by atoms with E-state index in [1.165, 1.54) is 11.3 Å². The Labute approximate surface area is 181 Å². The number of aromatic nitrogens is 5. The van der Waals surface area contributed by atoms with Crippen LogP contribution >= 0.6 is 11.3 Å². The van der Waals surface area contributed by atoms with Gasteiger partial charge in [-0.1, -0.05) is 38.5 Å². The van der Waals surface area contributed by atoms with Gasteiger partial charge in [-0.05, 0) is 19.4 Å². The number of hydrogen-bond acceptors (Lipinski definition) is 9. The molecule has 0 aliphatic heterocycles. The molecule has 160 valence electrons. The Morgan fingerprint density at radius 2 is 1.97 bits per heavy atom. The predicted molar refractivity (Wildman–Crippen MR) is 120 cm³/mol. The van der Waals surface area contributed by atoms with E-state index in [1.54, 1.807) is 12.4 Å². The fourth-order valence-electron chi connectivity index (χ4n) is 2.61. The van der Waals surface area contributed by atoms with Gasteiger partial charge in [-0.3, -0.25) is 4.98 Å². The first-order valence-electron chi connectivity index (χ1n) is 10.2. The summed E-state index contributed by atoms with van der Waals surface area (Å²) in [7, 11) is 0. The van der Waals surface area contributed by atoms with Crippen LogP contribution in [0.2, 0.25) is 0 Å². The third-order valence-corrected chi connectivity index (χ3v) is 5.10. The van der Waals surface area contributed by atoms with E-state index in [9.17, 15) is 0 Å². The molecule has 0 bridgehead atoms. The molecule has 8 nitrogen and oxygen atoms in total. The number of nitrogens with one attached hydrogen (secondary N) is 2. The lowest BCUT2D eigenvalue weighted by Gasteiger charge is -2.07. The summed E-state index contributed by atoms with van der Waals surface area (Å²) in [5.41, 5.74) is 2.66. The summed E-state index contributed by atoms with van der Waals surface area (Å²) >= 11 is 1.52. The van der Waals surface area contributed by atoms with Crippen molar-refractivity contribution < 1.29 is 4.74 Å². The zero-order valence-electron chi connectivity index (χ0n) is 18.0. The molecular formula is C21H29N7OS. The SMILES string of the molecule is CCCCOCc1nc(C)cc(-c2cnc(Nc3cnc(CNC(C)C)cn3)s2)n1. The molecule has 2 N–H and O–H groups in total. The summed E-state index contributed by atoms with van der Waals surface area (Å²) in [5, 5.41) is 7.28. The second kappa shape index (κ2) is 11.1. The maximum atomic E-state index is 5.66. The summed E-state index contributed by atoms with van der Waals surface area (Å²) in [5.74, 6) is 1.36. The van der Waals surface area contributed by atoms with Crippen LogP contribution in [0.4, 0.5) is 10.9 Å². The number of anilines is 2. The van der Waals surface area contributed by atoms with Crippen LogP contribution in [0.15, 0.2) is 24.7 Å². The number of thiazole rings is 1. The summed E-state index contributed by atoms with van der Waals surface area (Å²) in [6.45, 7) is 10.2. The van der Waals surface area contributed by atoms with Crippen LogP contribution in [0.1, 0.15) is 50.8 Å². The van der Waals surface area contributed by atoms with Crippen molar-refractivity contribution >= 4 is 22.3 Å². The number of hydrogen-bond donors (Lipinski definition) is 2. The summed E-state index contributed by atoms with van der Waals surface area (Å²) < 4.78 is 5.66. The molecule has 0 atom stereocenters. The fourth-order valence-corrected chi connectivity index (χ4v) is 3.39. The molecule has 3 rings (SSSR count). The van der Waals surface area contributed by atoms with Gasteiger partial charge >= 0.3 is 0 Å². The summed E-state index contributed by atoms with van der Waals surface area (Å²) in [4.78, 5) is 23.4. The van der Waals surface area contributed by atoms with Gasteiger partial charge in [0.25, 0.3) is 0 Å². The quantitative estimate of drug-likeness (QED) is 0.438. The van der Waals surface area contributed by atoms with Crippen LogP contribution in [0.3, 0.4) is 0 Å². The highest BCUT2D eigenvalue weighted by atomic mass is 32.1. The van der Waals surface area contributed by atoms with E-state index in [4.69, 9.17) is 4.74 Å². The molecule has 0 fully saturated rings. The maximum absolute atomic E-state index is 5.66. The van der Waals surface area contributed by atoms with Crippen molar-refractivity contribution in [2.24, 2.45) is 0 Å². The summed E-state index contributed by atoms with van der Waals surface area (Å²) in [6, 6.07) is 2.37. The molecule has 0 spiro atoms. The Hall–Kier alpha value is -2.49. The lowest BCUT2D eigenvalue weighted by Crippen LogP contribution is -2.22. The Kier molecular flexibility index (Phi) is 8.18. The first kappa shape index (κ1) is 22.2. The molecule has 9 heteroatoms. The monoisotopic (exact) mass is 427 g/mol. The Balaban J connectivity index is 1.63. The highest BCUT2D eigenvalue weighted by molar-refractivity contribution is 7.18. The van der Waals surface area contributed by atoms with E-state index in [-0.39, 0.29) is 0 Å². The minimum atomic E-state index is 0.409. The number of nitrogens with zero attached hydrogens (tertiary/aromatic N) is 5. The van der Waals surface area contributed by atoms with Gasteiger partial charge in [0.15, 0.2) is 16.8 Å². The second-order valence-electron chi connectivity index (χ2n) is 7.30. The third-order valence-electron chi connectivity index (χ3n) is 4.16. The Bertz CT molecular complexity index is 927. The van der Waals surface area contributed by atoms with Crippen LogP contribution in [0.25, 0.3) is 10.6 Å². The van der Waals surface area contributed by atoms with Crippen LogP contribution < -0.4 is 10.6 Å². The van der Waals surface area contributed by atoms with Crippen LogP contribution in [0.5, 0.6) is 0 Å². The molecule has 0 aliphatic carbocycles. The average molecular weight is 428 g/mol. The van der Waals surface area contributed by atoms with E-state index in [0.29, 0.717) is 30.8 Å². The topological polar surface area (TPSA) is 97.7 Å². The number of unbranched alkanes of at least 4 members (excludes halogenated alkanes) is 1. The predicted octanol–water partition coefficient (Wildman–Crippen LogP) is 4.26. The molecule has 0 saturated carbocycles. The first-order valence-corrected chi connectivity index (χ1v) is 11.0. The van der Waals surface area contributed by atoms with Gasteiger partial charge in [0.05, 0.1) is 28.7 Å². The van der Waals surface area contributed by atoms with Gasteiger partial charge in [0.2, 0.25) is 0 Å². The van der Waals surface area contributed by atoms with Crippen LogP contribution in [0, 0.1) is 6.92 Å². The van der Waals surface area contributed by atoms with Crippen molar-refractivity contribution in [3.63, 3.8) is 0 Å². The normalized spacial score (nSPS) is 11.2. The smallest absolute Gasteiger partial charge is 0.188 e. The second-order valence-corrected chi connectivity index (χ2v) is 8.33. The van der Waals surface area contributed by atoms with E-state index in [0.717, 1.165) is 46.5 Å². The van der Waals surface area contributed by atoms with Crippen molar-refractivity contribution in [1.29, 1.82) is 0 Å². The van der Waals surface area contributed by atoms with Crippen molar-refractivity contribution in [2.45, 2.75) is 59.7 Å². The molecular weight excluding hydrogens is 398 g/mol. The first-order chi connectivity index (χ1) is 14.5. The molecule has 30 heavy (non-hydrogen) atoms. The maximum Gasteiger partial charge on any atom is 0.188 e. The van der Waals surface area contributed by atoms with Gasteiger partial charge in [-0.2, -0.15) is 0 Å². The standard InChI is InChI=1S/C21H29N7OS/c1-5-6-7-29-13-20-26-15(4)8-17(27-20)18-11-25-21(30-18)28-19-12-23-16(10-24-19)9-22-14(2)3/h8,10-12,14,22H,5-7,9,13H2,1-4H3,(H,24,25,28). The van der Waals surface area contributed by atoms with Gasteiger partial charge < -0.3 is 15.4 Å². The molecule has 0 aliphatic rings. The van der Waals surface area contributed by atoms with Crippen molar-refractivity contribution in [1.82, 2.24) is 30.2 Å². The van der Waals surface area contributed by atoms with Crippen molar-refractivity contribution in [3.8, 4) is 10.6 Å². The number of rotatable bonds is 11. The van der Waals surface area contributed by atoms with Crippen LogP contribution in [-0.4, -0.2) is 37.6 Å². The number of ether oxygens (including phenoxy) is 1. The van der Waals surface area contributed by atoms with Crippen molar-refractivity contribution in [3.05, 3.63) is 41.9 Å². The van der Waals surface area contributed by atoms with Gasteiger partial charge in [0, 0.05) is 31.1 Å². The molecule has 3 aromatic rings. The third kappa shape index (κ3) is 6.79. The molecule has 3 heterocycles. The lowest BCUT2D eigenvalue weighted by molar-refractivity contribution is 0.112. The molecule has 0 amide bonds. The largest absolute Gasteiger partial charge is 0.373 e. The molecule has 0 unspecified atom stereocenters. The van der Waals surface area contributed by atoms with E-state index in [1.807, 2.05) is 19.2 Å². The van der Waals surface area contributed by atoms with Crippen LogP contribution in [-0.2, 0) is 17.9 Å². The molecule has 0 aromatic carbocycles. The van der Waals surface area contributed by atoms with Crippen molar-refractivity contribution in [2.75, 3.05) is 11.9 Å². The van der Waals surface area contributed by atoms with Gasteiger partial charge in [0.1, 0.15) is 6.61 Å².